The van der Waals surface area contributed by atoms with Crippen molar-refractivity contribution in [2.75, 3.05) is 5.32 Å². The van der Waals surface area contributed by atoms with Gasteiger partial charge in [-0.3, -0.25) is 0 Å². The molecule has 0 fully saturated rings. The Morgan fingerprint density at radius 3 is 2.60 bits per heavy atom. The molecule has 4 nitrogen and oxygen atoms in total. The number of alkyl halides is 3. The molecule has 3 rings (SSSR count). The van der Waals surface area contributed by atoms with Gasteiger partial charge in [0.25, 0.3) is 0 Å². The molecule has 20 heavy (non-hydrogen) atoms. The van der Waals surface area contributed by atoms with E-state index in [1.54, 1.807) is 18.2 Å². The van der Waals surface area contributed by atoms with Crippen LogP contribution in [0.2, 0.25) is 0 Å². The molecular weight excluding hydrogens is 269 g/mol. The fraction of sp³-hybridized carbons (Fsp3) is 0.0769. The molecule has 0 bridgehead atoms. The smallest absolute Gasteiger partial charge is 0.340 e. The van der Waals surface area contributed by atoms with Crippen molar-refractivity contribution in [3.63, 3.8) is 0 Å². The molecule has 2 aromatic heterocycles. The summed E-state index contributed by atoms with van der Waals surface area (Å²) in [5, 5.41) is 6.77. The van der Waals surface area contributed by atoms with Gasteiger partial charge in [-0.15, -0.1) is 0 Å². The van der Waals surface area contributed by atoms with Crippen LogP contribution in [0.4, 0.5) is 24.7 Å². The number of hydrogen-bond acceptors (Lipinski definition) is 3. The number of nitrogens with zero attached hydrogens (tertiary/aromatic N) is 3. The fourth-order valence-electron chi connectivity index (χ4n) is 1.91. The molecule has 1 aromatic carbocycles. The van der Waals surface area contributed by atoms with E-state index in [9.17, 15) is 13.2 Å². The number of rotatable bonds is 2. The molecule has 0 aliphatic carbocycles. The monoisotopic (exact) mass is 278 g/mol. The summed E-state index contributed by atoms with van der Waals surface area (Å²) in [6, 6.07) is 8.53. The Morgan fingerprint density at radius 2 is 1.80 bits per heavy atom. The molecule has 0 aliphatic heterocycles. The maximum atomic E-state index is 12.9. The second-order valence-electron chi connectivity index (χ2n) is 4.10. The summed E-state index contributed by atoms with van der Waals surface area (Å²) in [4.78, 5) is 4.05. The van der Waals surface area contributed by atoms with Gasteiger partial charge in [0, 0.05) is 12.3 Å². The molecule has 0 unspecified atom stereocenters. The third-order valence-electron chi connectivity index (χ3n) is 2.79. The highest BCUT2D eigenvalue weighted by molar-refractivity contribution is 5.63. The minimum atomic E-state index is -4.42. The number of benzene rings is 1. The Labute approximate surface area is 111 Å². The molecular formula is C13H9F3N4. The number of nitrogens with one attached hydrogen (secondary N) is 1. The van der Waals surface area contributed by atoms with E-state index in [4.69, 9.17) is 0 Å². The lowest BCUT2D eigenvalue weighted by Crippen LogP contribution is -2.10. The second-order valence-corrected chi connectivity index (χ2v) is 4.10. The van der Waals surface area contributed by atoms with E-state index in [1.807, 2.05) is 0 Å². The Hall–Kier alpha value is -2.57. The van der Waals surface area contributed by atoms with Crippen LogP contribution in [0, 0.1) is 0 Å². The van der Waals surface area contributed by atoms with Gasteiger partial charge in [0.15, 0.2) is 5.65 Å². The SMILES string of the molecule is FC(F)(F)c1ccccc1Nc1ccnc2ccnn12. The summed E-state index contributed by atoms with van der Waals surface area (Å²) in [5.74, 6) is 0.414. The first-order valence-electron chi connectivity index (χ1n) is 5.78. The largest absolute Gasteiger partial charge is 0.418 e. The zero-order valence-electron chi connectivity index (χ0n) is 10.1. The van der Waals surface area contributed by atoms with Gasteiger partial charge in [0.05, 0.1) is 17.4 Å². The summed E-state index contributed by atoms with van der Waals surface area (Å²) >= 11 is 0. The lowest BCUT2D eigenvalue weighted by atomic mass is 10.1. The lowest BCUT2D eigenvalue weighted by molar-refractivity contribution is -0.136. The van der Waals surface area contributed by atoms with E-state index in [-0.39, 0.29) is 5.69 Å². The first-order valence-corrected chi connectivity index (χ1v) is 5.78. The Kier molecular flexibility index (Phi) is 2.81. The summed E-state index contributed by atoms with van der Waals surface area (Å²) in [6.45, 7) is 0. The molecule has 102 valence electrons. The van der Waals surface area contributed by atoms with Crippen LogP contribution in [0.1, 0.15) is 5.56 Å². The van der Waals surface area contributed by atoms with Crippen molar-refractivity contribution in [3.8, 4) is 0 Å². The van der Waals surface area contributed by atoms with Crippen molar-refractivity contribution in [2.45, 2.75) is 6.18 Å². The standard InChI is InChI=1S/C13H9F3N4/c14-13(15,16)9-3-1-2-4-10(9)19-12-5-7-17-11-6-8-18-20(11)12/h1-8,19H. The number of anilines is 2. The minimum Gasteiger partial charge on any atom is -0.340 e. The number of halogens is 3. The van der Waals surface area contributed by atoms with Gasteiger partial charge in [0.2, 0.25) is 0 Å². The lowest BCUT2D eigenvalue weighted by Gasteiger charge is -2.14. The first kappa shape index (κ1) is 12.5. The third kappa shape index (κ3) is 2.18. The molecule has 0 aliphatic rings. The zero-order valence-corrected chi connectivity index (χ0v) is 10.1. The molecule has 7 heteroatoms. The average molecular weight is 278 g/mol. The van der Waals surface area contributed by atoms with Crippen molar-refractivity contribution in [1.82, 2.24) is 14.6 Å². The van der Waals surface area contributed by atoms with Gasteiger partial charge in [0.1, 0.15) is 5.82 Å². The predicted molar refractivity (Wildman–Crippen MR) is 67.7 cm³/mol. The number of fused-ring (bicyclic) bond motifs is 1. The van der Waals surface area contributed by atoms with Crippen molar-refractivity contribution < 1.29 is 13.2 Å². The zero-order chi connectivity index (χ0) is 14.2. The van der Waals surface area contributed by atoms with E-state index in [2.05, 4.69) is 15.4 Å². The van der Waals surface area contributed by atoms with E-state index in [1.165, 1.54) is 29.0 Å². The van der Waals surface area contributed by atoms with Gasteiger partial charge in [-0.25, -0.2) is 4.98 Å². The second kappa shape index (κ2) is 4.52. The Morgan fingerprint density at radius 1 is 1.00 bits per heavy atom. The summed E-state index contributed by atoms with van der Waals surface area (Å²) in [5.41, 5.74) is -0.195. The van der Waals surface area contributed by atoms with Crippen LogP contribution in [0.15, 0.2) is 48.8 Å². The van der Waals surface area contributed by atoms with E-state index in [0.29, 0.717) is 11.5 Å². The Balaban J connectivity index is 2.06. The van der Waals surface area contributed by atoms with Crippen molar-refractivity contribution in [2.24, 2.45) is 0 Å². The molecule has 0 atom stereocenters. The van der Waals surface area contributed by atoms with Crippen LogP contribution in [0.5, 0.6) is 0 Å². The summed E-state index contributed by atoms with van der Waals surface area (Å²) < 4.78 is 40.2. The Bertz CT molecular complexity index is 748. The topological polar surface area (TPSA) is 42.2 Å². The summed E-state index contributed by atoms with van der Waals surface area (Å²) in [7, 11) is 0. The number of hydrogen-bond donors (Lipinski definition) is 1. The predicted octanol–water partition coefficient (Wildman–Crippen LogP) is 3.49. The molecule has 0 saturated carbocycles. The van der Waals surface area contributed by atoms with Crippen molar-refractivity contribution >= 4 is 17.2 Å². The van der Waals surface area contributed by atoms with Crippen molar-refractivity contribution in [3.05, 3.63) is 54.4 Å². The third-order valence-corrected chi connectivity index (χ3v) is 2.79. The molecule has 0 spiro atoms. The van der Waals surface area contributed by atoms with Crippen LogP contribution in [-0.2, 0) is 6.18 Å². The molecule has 0 radical (unpaired) electrons. The van der Waals surface area contributed by atoms with E-state index >= 15 is 0 Å². The molecule has 3 aromatic rings. The van der Waals surface area contributed by atoms with Crippen LogP contribution in [-0.4, -0.2) is 14.6 Å². The molecule has 0 amide bonds. The quantitative estimate of drug-likeness (QED) is 0.780. The first-order chi connectivity index (χ1) is 9.55. The van der Waals surface area contributed by atoms with E-state index in [0.717, 1.165) is 6.07 Å². The fourth-order valence-corrected chi connectivity index (χ4v) is 1.91. The van der Waals surface area contributed by atoms with Gasteiger partial charge in [-0.2, -0.15) is 22.8 Å². The highest BCUT2D eigenvalue weighted by Gasteiger charge is 2.33. The number of para-hydroxylation sites is 1. The maximum absolute atomic E-state index is 12.9. The molecule has 0 saturated heterocycles. The maximum Gasteiger partial charge on any atom is 0.418 e. The van der Waals surface area contributed by atoms with Crippen molar-refractivity contribution in [1.29, 1.82) is 0 Å². The molecule has 2 heterocycles. The van der Waals surface area contributed by atoms with E-state index < -0.39 is 11.7 Å². The van der Waals surface area contributed by atoms with Crippen LogP contribution in [0.3, 0.4) is 0 Å². The van der Waals surface area contributed by atoms with Gasteiger partial charge < -0.3 is 5.32 Å². The number of aromatic nitrogens is 3. The van der Waals surface area contributed by atoms with Crippen LogP contribution < -0.4 is 5.32 Å². The molecule has 1 N–H and O–H groups in total. The normalized spacial score (nSPS) is 11.8. The van der Waals surface area contributed by atoms with Crippen LogP contribution in [0.25, 0.3) is 5.65 Å². The highest BCUT2D eigenvalue weighted by atomic mass is 19.4. The minimum absolute atomic E-state index is 0.0250. The average Bonchev–Trinajstić information content (AvgIpc) is 2.87. The summed E-state index contributed by atoms with van der Waals surface area (Å²) in [6.07, 6.45) is -1.38. The van der Waals surface area contributed by atoms with Gasteiger partial charge >= 0.3 is 6.18 Å². The highest BCUT2D eigenvalue weighted by Crippen LogP contribution is 2.35. The van der Waals surface area contributed by atoms with Gasteiger partial charge in [-0.1, -0.05) is 12.1 Å². The van der Waals surface area contributed by atoms with Crippen LogP contribution >= 0.6 is 0 Å². The van der Waals surface area contributed by atoms with Gasteiger partial charge in [-0.05, 0) is 18.2 Å².